The van der Waals surface area contributed by atoms with Gasteiger partial charge in [-0.05, 0) is 50.9 Å². The number of rotatable bonds is 6. The summed E-state index contributed by atoms with van der Waals surface area (Å²) in [6.07, 6.45) is 4.22. The molecule has 1 aliphatic heterocycles. The molecule has 1 aromatic heterocycles. The van der Waals surface area contributed by atoms with Crippen molar-refractivity contribution in [3.63, 3.8) is 0 Å². The first-order chi connectivity index (χ1) is 12.7. The van der Waals surface area contributed by atoms with Gasteiger partial charge in [0.25, 0.3) is 0 Å². The molecule has 1 saturated carbocycles. The molecule has 9 heteroatoms. The highest BCUT2D eigenvalue weighted by atomic mass is 19.1. The fourth-order valence-electron chi connectivity index (χ4n) is 2.83. The zero-order valence-electron chi connectivity index (χ0n) is 14.3. The van der Waals surface area contributed by atoms with E-state index in [1.807, 2.05) is 0 Å². The zero-order chi connectivity index (χ0) is 17.9. The highest BCUT2D eigenvalue weighted by molar-refractivity contribution is 5.57. The maximum Gasteiger partial charge on any atom is 0.233 e. The van der Waals surface area contributed by atoms with E-state index in [1.165, 1.54) is 12.1 Å². The molecule has 0 bridgehead atoms. The predicted octanol–water partition coefficient (Wildman–Crippen LogP) is 2.20. The number of nitrogens with one attached hydrogen (secondary N) is 4. The van der Waals surface area contributed by atoms with E-state index in [0.717, 1.165) is 38.8 Å². The van der Waals surface area contributed by atoms with E-state index in [1.54, 1.807) is 6.07 Å². The topological polar surface area (TPSA) is 107 Å². The summed E-state index contributed by atoms with van der Waals surface area (Å²) in [6.45, 7) is 1.93. The number of anilines is 4. The first-order valence-corrected chi connectivity index (χ1v) is 8.91. The van der Waals surface area contributed by atoms with Gasteiger partial charge >= 0.3 is 0 Å². The number of hydrogen-bond donors (Lipinski definition) is 5. The number of nitrogens with zero attached hydrogens (tertiary/aromatic N) is 3. The Morgan fingerprint density at radius 1 is 0.923 bits per heavy atom. The minimum absolute atomic E-state index is 0.311. The second kappa shape index (κ2) is 7.28. The fraction of sp³-hybridized carbons (Fsp3) is 0.471. The van der Waals surface area contributed by atoms with E-state index in [-0.39, 0.29) is 0 Å². The van der Waals surface area contributed by atoms with Crippen LogP contribution in [0.2, 0.25) is 0 Å². The predicted molar refractivity (Wildman–Crippen MR) is 97.3 cm³/mol. The molecular weight excluding hydrogens is 337 g/mol. The van der Waals surface area contributed by atoms with Crippen LogP contribution in [0.3, 0.4) is 0 Å². The molecule has 1 aromatic carbocycles. The van der Waals surface area contributed by atoms with Gasteiger partial charge in [0.15, 0.2) is 11.6 Å². The van der Waals surface area contributed by atoms with Gasteiger partial charge in [-0.1, -0.05) is 0 Å². The number of hydrogen-bond acceptors (Lipinski definition) is 8. The van der Waals surface area contributed by atoms with Crippen molar-refractivity contribution in [2.24, 2.45) is 0 Å². The molecule has 2 aliphatic rings. The molecule has 1 saturated heterocycles. The van der Waals surface area contributed by atoms with Crippen LogP contribution in [0.15, 0.2) is 18.2 Å². The number of aromatic nitrogens is 3. The molecule has 0 unspecified atom stereocenters. The van der Waals surface area contributed by atoms with E-state index < -0.39 is 11.6 Å². The van der Waals surface area contributed by atoms with Crippen LogP contribution >= 0.6 is 0 Å². The first kappa shape index (κ1) is 16.8. The van der Waals surface area contributed by atoms with Crippen molar-refractivity contribution in [3.8, 4) is 5.75 Å². The minimum atomic E-state index is -0.701. The minimum Gasteiger partial charge on any atom is -0.505 e. The number of phenolic OH excluding ortho intramolecular Hbond substituents is 1. The van der Waals surface area contributed by atoms with Gasteiger partial charge in [0.1, 0.15) is 0 Å². The van der Waals surface area contributed by atoms with Gasteiger partial charge in [-0.3, -0.25) is 0 Å². The van der Waals surface area contributed by atoms with E-state index in [2.05, 4.69) is 36.2 Å². The Hall–Kier alpha value is -2.68. The number of phenols is 1. The molecule has 2 aromatic rings. The third-order valence-electron chi connectivity index (χ3n) is 4.42. The molecule has 0 atom stereocenters. The Balaban J connectivity index is 1.55. The molecule has 2 heterocycles. The van der Waals surface area contributed by atoms with Gasteiger partial charge < -0.3 is 26.4 Å². The van der Waals surface area contributed by atoms with Crippen LogP contribution in [-0.4, -0.2) is 45.2 Å². The summed E-state index contributed by atoms with van der Waals surface area (Å²) >= 11 is 0. The Labute approximate surface area is 150 Å². The van der Waals surface area contributed by atoms with Crippen molar-refractivity contribution < 1.29 is 9.50 Å². The molecule has 138 valence electrons. The average molecular weight is 359 g/mol. The van der Waals surface area contributed by atoms with Crippen molar-refractivity contribution >= 4 is 23.5 Å². The lowest BCUT2D eigenvalue weighted by Crippen LogP contribution is -2.35. The maximum absolute atomic E-state index is 13.6. The van der Waals surface area contributed by atoms with Crippen LogP contribution in [-0.2, 0) is 0 Å². The summed E-state index contributed by atoms with van der Waals surface area (Å²) in [5, 5.41) is 22.3. The highest BCUT2D eigenvalue weighted by Crippen LogP contribution is 2.25. The Bertz CT molecular complexity index is 778. The zero-order valence-corrected chi connectivity index (χ0v) is 14.3. The second-order valence-electron chi connectivity index (χ2n) is 6.68. The van der Waals surface area contributed by atoms with E-state index in [0.29, 0.717) is 35.6 Å². The highest BCUT2D eigenvalue weighted by Gasteiger charge is 2.23. The van der Waals surface area contributed by atoms with Gasteiger partial charge in [0.2, 0.25) is 17.8 Å². The summed E-state index contributed by atoms with van der Waals surface area (Å²) in [5.74, 6) is 0.228. The number of benzene rings is 1. The standard InChI is InChI=1S/C17H22FN7O/c18-13-9-12(3-4-14(13)26)22-17-24-15(20-10-1-2-10)23-16(25-17)21-11-5-7-19-8-6-11/h3-4,9-11,19,26H,1-2,5-8H2,(H3,20,21,22,23,24,25). The molecule has 8 nitrogen and oxygen atoms in total. The normalized spacial score (nSPS) is 17.7. The maximum atomic E-state index is 13.6. The summed E-state index contributed by atoms with van der Waals surface area (Å²) < 4.78 is 13.6. The second-order valence-corrected chi connectivity index (χ2v) is 6.68. The lowest BCUT2D eigenvalue weighted by Gasteiger charge is -2.23. The van der Waals surface area contributed by atoms with Gasteiger partial charge in [-0.25, -0.2) is 4.39 Å². The first-order valence-electron chi connectivity index (χ1n) is 8.91. The van der Waals surface area contributed by atoms with Crippen LogP contribution in [0, 0.1) is 5.82 Å². The fourth-order valence-corrected chi connectivity index (χ4v) is 2.83. The van der Waals surface area contributed by atoms with Gasteiger partial charge in [-0.2, -0.15) is 15.0 Å². The molecule has 4 rings (SSSR count). The molecule has 26 heavy (non-hydrogen) atoms. The van der Waals surface area contributed by atoms with Crippen molar-refractivity contribution in [2.45, 2.75) is 37.8 Å². The third kappa shape index (κ3) is 4.29. The summed E-state index contributed by atoms with van der Waals surface area (Å²) in [4.78, 5) is 13.2. The van der Waals surface area contributed by atoms with Crippen LogP contribution in [0.4, 0.5) is 27.9 Å². The molecule has 2 fully saturated rings. The van der Waals surface area contributed by atoms with Crippen molar-refractivity contribution in [1.82, 2.24) is 20.3 Å². The van der Waals surface area contributed by atoms with Crippen LogP contribution < -0.4 is 21.3 Å². The summed E-state index contributed by atoms with van der Waals surface area (Å²) in [7, 11) is 0. The Morgan fingerprint density at radius 2 is 1.54 bits per heavy atom. The molecule has 0 amide bonds. The van der Waals surface area contributed by atoms with Crippen molar-refractivity contribution in [2.75, 3.05) is 29.0 Å². The smallest absolute Gasteiger partial charge is 0.233 e. The Morgan fingerprint density at radius 3 is 2.15 bits per heavy atom. The SMILES string of the molecule is Oc1ccc(Nc2nc(NC3CCNCC3)nc(NC3CC3)n2)cc1F. The van der Waals surface area contributed by atoms with Crippen molar-refractivity contribution in [3.05, 3.63) is 24.0 Å². The average Bonchev–Trinajstić information content (AvgIpc) is 3.43. The van der Waals surface area contributed by atoms with Crippen LogP contribution in [0.5, 0.6) is 5.75 Å². The monoisotopic (exact) mass is 359 g/mol. The van der Waals surface area contributed by atoms with E-state index in [9.17, 15) is 9.50 Å². The lowest BCUT2D eigenvalue weighted by molar-refractivity contribution is 0.432. The van der Waals surface area contributed by atoms with Gasteiger partial charge in [-0.15, -0.1) is 0 Å². The molecule has 5 N–H and O–H groups in total. The quantitative estimate of drug-likeness (QED) is 0.500. The molecular formula is C17H22FN7O. The van der Waals surface area contributed by atoms with E-state index >= 15 is 0 Å². The van der Waals surface area contributed by atoms with E-state index in [4.69, 9.17) is 0 Å². The van der Waals surface area contributed by atoms with Crippen LogP contribution in [0.25, 0.3) is 0 Å². The van der Waals surface area contributed by atoms with Crippen molar-refractivity contribution in [1.29, 1.82) is 0 Å². The number of aromatic hydroxyl groups is 1. The third-order valence-corrected chi connectivity index (χ3v) is 4.42. The van der Waals surface area contributed by atoms with Gasteiger partial charge in [0, 0.05) is 23.8 Å². The van der Waals surface area contributed by atoms with Crippen LogP contribution in [0.1, 0.15) is 25.7 Å². The molecule has 0 radical (unpaired) electrons. The Kier molecular flexibility index (Phi) is 4.70. The number of halogens is 1. The van der Waals surface area contributed by atoms with Gasteiger partial charge in [0.05, 0.1) is 0 Å². The summed E-state index contributed by atoms with van der Waals surface area (Å²) in [6, 6.07) is 4.77. The lowest BCUT2D eigenvalue weighted by atomic mass is 10.1. The molecule has 0 spiro atoms. The number of piperidine rings is 1. The largest absolute Gasteiger partial charge is 0.505 e. The molecule has 1 aliphatic carbocycles. The summed E-state index contributed by atoms with van der Waals surface area (Å²) in [5.41, 5.74) is 0.455.